The molecule has 0 bridgehead atoms. The molecular formula is C26H25N5O2. The molecule has 5 rings (SSSR count). The number of carbonyl (C=O) groups is 1. The van der Waals surface area contributed by atoms with Gasteiger partial charge in [0.05, 0.1) is 18.3 Å². The normalized spacial score (nSPS) is 14.0. The van der Waals surface area contributed by atoms with Gasteiger partial charge in [0.1, 0.15) is 5.69 Å². The Morgan fingerprint density at radius 1 is 1.09 bits per heavy atom. The number of nitrogens with zero attached hydrogens (tertiary/aromatic N) is 2. The standard InChI is InChI=1S/C26H25N5O2/c32-16-23(18-7-3-1-4-8-18)30-25(33)22-13-19(14-27-22)24-21(17-11-12-17)15-28-26(31-24)29-20-9-5-2-6-10-20/h1-10,13-15,17,23,27,32H,11-12,16H2,(H,30,33)(H,28,29,31)/t23-/m1/s1. The fraction of sp³-hybridized carbons (Fsp3) is 0.192. The van der Waals surface area contributed by atoms with Gasteiger partial charge < -0.3 is 20.7 Å². The highest BCUT2D eigenvalue weighted by Gasteiger charge is 2.28. The maximum Gasteiger partial charge on any atom is 0.268 e. The molecule has 0 saturated heterocycles. The lowest BCUT2D eigenvalue weighted by Gasteiger charge is -2.16. The summed E-state index contributed by atoms with van der Waals surface area (Å²) in [6.45, 7) is -0.185. The van der Waals surface area contributed by atoms with Crippen molar-refractivity contribution >= 4 is 17.5 Å². The molecule has 1 amide bonds. The van der Waals surface area contributed by atoms with Crippen molar-refractivity contribution in [1.82, 2.24) is 20.3 Å². The molecule has 1 aliphatic carbocycles. The van der Waals surface area contributed by atoms with Crippen LogP contribution in [0.15, 0.2) is 79.1 Å². The highest BCUT2D eigenvalue weighted by molar-refractivity contribution is 5.94. The van der Waals surface area contributed by atoms with Gasteiger partial charge in [-0.15, -0.1) is 0 Å². The van der Waals surface area contributed by atoms with E-state index >= 15 is 0 Å². The molecule has 7 heteroatoms. The number of aromatic amines is 1. The molecule has 166 valence electrons. The van der Waals surface area contributed by atoms with Gasteiger partial charge in [0.25, 0.3) is 5.91 Å². The average molecular weight is 440 g/mol. The quantitative estimate of drug-likeness (QED) is 0.322. The van der Waals surface area contributed by atoms with Crippen LogP contribution in [0.3, 0.4) is 0 Å². The van der Waals surface area contributed by atoms with Crippen LogP contribution >= 0.6 is 0 Å². The number of carbonyl (C=O) groups excluding carboxylic acids is 1. The molecule has 0 unspecified atom stereocenters. The number of aliphatic hydroxyl groups is 1. The summed E-state index contributed by atoms with van der Waals surface area (Å²) < 4.78 is 0. The molecular weight excluding hydrogens is 414 g/mol. The minimum absolute atomic E-state index is 0.185. The van der Waals surface area contributed by atoms with Crippen LogP contribution in [0.5, 0.6) is 0 Å². The maximum absolute atomic E-state index is 12.9. The number of nitrogens with one attached hydrogen (secondary N) is 3. The highest BCUT2D eigenvalue weighted by atomic mass is 16.3. The number of rotatable bonds is 8. The predicted molar refractivity (Wildman–Crippen MR) is 127 cm³/mol. The predicted octanol–water partition coefficient (Wildman–Crippen LogP) is 4.56. The van der Waals surface area contributed by atoms with Crippen LogP contribution in [0.4, 0.5) is 11.6 Å². The van der Waals surface area contributed by atoms with Crippen LogP contribution in [0, 0.1) is 0 Å². The van der Waals surface area contributed by atoms with Gasteiger partial charge in [-0.05, 0) is 42.5 Å². The third-order valence-corrected chi connectivity index (χ3v) is 5.76. The first-order valence-electron chi connectivity index (χ1n) is 11.1. The van der Waals surface area contributed by atoms with E-state index in [0.717, 1.165) is 40.9 Å². The minimum Gasteiger partial charge on any atom is -0.394 e. The van der Waals surface area contributed by atoms with Crippen molar-refractivity contribution < 1.29 is 9.90 Å². The van der Waals surface area contributed by atoms with E-state index in [1.165, 1.54) is 0 Å². The largest absolute Gasteiger partial charge is 0.394 e. The Balaban J connectivity index is 1.39. The summed E-state index contributed by atoms with van der Waals surface area (Å²) in [5.74, 6) is 0.681. The van der Waals surface area contributed by atoms with Crippen molar-refractivity contribution in [2.75, 3.05) is 11.9 Å². The van der Waals surface area contributed by atoms with E-state index in [1.54, 1.807) is 12.3 Å². The summed E-state index contributed by atoms with van der Waals surface area (Å²) in [6, 6.07) is 20.5. The van der Waals surface area contributed by atoms with Crippen LogP contribution in [-0.2, 0) is 0 Å². The summed E-state index contributed by atoms with van der Waals surface area (Å²) in [4.78, 5) is 25.2. The van der Waals surface area contributed by atoms with Gasteiger partial charge in [-0.3, -0.25) is 4.79 Å². The number of benzene rings is 2. The molecule has 7 nitrogen and oxygen atoms in total. The van der Waals surface area contributed by atoms with E-state index in [-0.39, 0.29) is 12.5 Å². The molecule has 1 fully saturated rings. The number of hydrogen-bond donors (Lipinski definition) is 4. The Hall–Kier alpha value is -3.97. The number of amides is 1. The number of H-pyrrole nitrogens is 1. The van der Waals surface area contributed by atoms with Crippen molar-refractivity contribution in [2.45, 2.75) is 24.8 Å². The van der Waals surface area contributed by atoms with Gasteiger partial charge in [-0.1, -0.05) is 48.5 Å². The van der Waals surface area contributed by atoms with Crippen molar-refractivity contribution in [3.63, 3.8) is 0 Å². The molecule has 1 atom stereocenters. The van der Waals surface area contributed by atoms with Gasteiger partial charge in [0.15, 0.2) is 0 Å². The van der Waals surface area contributed by atoms with Crippen molar-refractivity contribution in [3.05, 3.63) is 95.9 Å². The van der Waals surface area contributed by atoms with Crippen LogP contribution in [-0.4, -0.2) is 32.6 Å². The summed E-state index contributed by atoms with van der Waals surface area (Å²) in [7, 11) is 0. The molecule has 1 saturated carbocycles. The zero-order valence-corrected chi connectivity index (χ0v) is 18.0. The molecule has 0 radical (unpaired) electrons. The Bertz CT molecular complexity index is 1240. The van der Waals surface area contributed by atoms with Gasteiger partial charge >= 0.3 is 0 Å². The molecule has 2 aromatic heterocycles. The first kappa shape index (κ1) is 20.9. The summed E-state index contributed by atoms with van der Waals surface area (Å²) in [5.41, 5.74) is 4.93. The van der Waals surface area contributed by atoms with Crippen molar-refractivity contribution in [1.29, 1.82) is 0 Å². The molecule has 0 aliphatic heterocycles. The SMILES string of the molecule is O=C(N[C@H](CO)c1ccccc1)c1cc(-c2nc(Nc3ccccc3)ncc2C2CC2)c[nH]1. The van der Waals surface area contributed by atoms with Crippen LogP contribution in [0.25, 0.3) is 11.3 Å². The number of anilines is 2. The minimum atomic E-state index is -0.479. The topological polar surface area (TPSA) is 103 Å². The van der Waals surface area contributed by atoms with E-state index < -0.39 is 6.04 Å². The van der Waals surface area contributed by atoms with E-state index in [1.807, 2.05) is 66.9 Å². The van der Waals surface area contributed by atoms with Crippen molar-refractivity contribution in [2.24, 2.45) is 0 Å². The van der Waals surface area contributed by atoms with Crippen LogP contribution in [0.2, 0.25) is 0 Å². The monoisotopic (exact) mass is 439 g/mol. The first-order chi connectivity index (χ1) is 16.2. The number of hydrogen-bond acceptors (Lipinski definition) is 5. The van der Waals surface area contributed by atoms with Gasteiger partial charge in [0.2, 0.25) is 5.95 Å². The summed E-state index contributed by atoms with van der Waals surface area (Å²) >= 11 is 0. The zero-order chi connectivity index (χ0) is 22.6. The molecule has 4 aromatic rings. The fourth-order valence-corrected chi connectivity index (χ4v) is 3.84. The van der Waals surface area contributed by atoms with E-state index in [0.29, 0.717) is 17.6 Å². The van der Waals surface area contributed by atoms with Crippen LogP contribution in [0.1, 0.15) is 46.4 Å². The summed E-state index contributed by atoms with van der Waals surface area (Å²) in [5, 5.41) is 15.9. The average Bonchev–Trinajstić information content (AvgIpc) is 3.59. The zero-order valence-electron chi connectivity index (χ0n) is 18.0. The first-order valence-corrected chi connectivity index (χ1v) is 11.1. The third kappa shape index (κ3) is 4.78. The lowest BCUT2D eigenvalue weighted by molar-refractivity contribution is 0.0912. The second-order valence-electron chi connectivity index (χ2n) is 8.18. The van der Waals surface area contributed by atoms with E-state index in [9.17, 15) is 9.90 Å². The fourth-order valence-electron chi connectivity index (χ4n) is 3.84. The number of aromatic nitrogens is 3. The lowest BCUT2D eigenvalue weighted by atomic mass is 10.1. The Morgan fingerprint density at radius 3 is 2.52 bits per heavy atom. The Labute approximate surface area is 191 Å². The lowest BCUT2D eigenvalue weighted by Crippen LogP contribution is -2.30. The van der Waals surface area contributed by atoms with Gasteiger partial charge in [0, 0.05) is 29.2 Å². The molecule has 2 aromatic carbocycles. The van der Waals surface area contributed by atoms with Gasteiger partial charge in [-0.2, -0.15) is 0 Å². The second-order valence-corrected chi connectivity index (χ2v) is 8.18. The van der Waals surface area contributed by atoms with Crippen LogP contribution < -0.4 is 10.6 Å². The number of aliphatic hydroxyl groups excluding tert-OH is 1. The summed E-state index contributed by atoms with van der Waals surface area (Å²) in [6.07, 6.45) is 5.92. The molecule has 33 heavy (non-hydrogen) atoms. The molecule has 1 aliphatic rings. The highest BCUT2D eigenvalue weighted by Crippen LogP contribution is 2.44. The van der Waals surface area contributed by atoms with Gasteiger partial charge in [-0.25, -0.2) is 9.97 Å². The third-order valence-electron chi connectivity index (χ3n) is 5.76. The molecule has 0 spiro atoms. The second kappa shape index (κ2) is 9.26. The molecule has 2 heterocycles. The van der Waals surface area contributed by atoms with E-state index in [2.05, 4.69) is 20.6 Å². The molecule has 4 N–H and O–H groups in total. The number of para-hydroxylation sites is 1. The maximum atomic E-state index is 12.9. The smallest absolute Gasteiger partial charge is 0.268 e. The van der Waals surface area contributed by atoms with E-state index in [4.69, 9.17) is 4.98 Å². The van der Waals surface area contributed by atoms with Crippen molar-refractivity contribution in [3.8, 4) is 11.3 Å². The Kier molecular flexibility index (Phi) is 5.87. The Morgan fingerprint density at radius 2 is 1.82 bits per heavy atom.